The molecule has 94 valence electrons. The summed E-state index contributed by atoms with van der Waals surface area (Å²) < 4.78 is 0. The van der Waals surface area contributed by atoms with Gasteiger partial charge in [0.1, 0.15) is 0 Å². The maximum Gasteiger partial charge on any atom is 0.0800 e. The first-order valence-corrected chi connectivity index (χ1v) is 6.28. The largest absolute Gasteiger partial charge is 0.386 e. The van der Waals surface area contributed by atoms with Crippen LogP contribution in [-0.4, -0.2) is 17.3 Å². The first kappa shape index (κ1) is 13.9. The molecular weight excluding hydrogens is 210 g/mol. The van der Waals surface area contributed by atoms with Crippen molar-refractivity contribution in [3.8, 4) is 0 Å². The zero-order valence-electron chi connectivity index (χ0n) is 10.8. The van der Waals surface area contributed by atoms with Gasteiger partial charge in [-0.1, -0.05) is 43.3 Å². The lowest BCUT2D eigenvalue weighted by atomic mass is 10.0. The monoisotopic (exact) mass is 233 g/mol. The van der Waals surface area contributed by atoms with Crippen LogP contribution in [0, 0.1) is 0 Å². The molecule has 1 aromatic carbocycles. The number of hydrogen-bond donors (Lipinski definition) is 2. The van der Waals surface area contributed by atoms with Gasteiger partial charge in [-0.05, 0) is 43.9 Å². The summed E-state index contributed by atoms with van der Waals surface area (Å²) in [6.45, 7) is 4.52. The summed E-state index contributed by atoms with van der Waals surface area (Å²) in [7, 11) is 0. The third-order valence-electron chi connectivity index (χ3n) is 2.97. The standard InChI is InChI=1S/C15H23NO/c1-3-15(2,17)10-9-14-7-4-6-13(12-14)8-5-11-16/h4,6-7,9-10,12,17H,3,5,8,11,16H2,1-2H3. The first-order valence-electron chi connectivity index (χ1n) is 6.28. The molecule has 2 nitrogen and oxygen atoms in total. The Bertz CT molecular complexity index is 369. The molecule has 0 heterocycles. The highest BCUT2D eigenvalue weighted by Crippen LogP contribution is 2.14. The summed E-state index contributed by atoms with van der Waals surface area (Å²) in [5, 5.41) is 9.89. The molecule has 3 N–H and O–H groups in total. The predicted octanol–water partition coefficient (Wildman–Crippen LogP) is 2.75. The Kier molecular flexibility index (Phi) is 5.39. The predicted molar refractivity (Wildman–Crippen MR) is 73.8 cm³/mol. The van der Waals surface area contributed by atoms with Crippen LogP contribution in [0.25, 0.3) is 6.08 Å². The maximum atomic E-state index is 9.89. The highest BCUT2D eigenvalue weighted by Gasteiger charge is 2.11. The van der Waals surface area contributed by atoms with Crippen LogP contribution in [0.4, 0.5) is 0 Å². The molecule has 0 aromatic heterocycles. The molecule has 0 bridgehead atoms. The van der Waals surface area contributed by atoms with Gasteiger partial charge in [-0.25, -0.2) is 0 Å². The molecular formula is C15H23NO. The first-order chi connectivity index (χ1) is 8.07. The van der Waals surface area contributed by atoms with E-state index in [4.69, 9.17) is 5.73 Å². The van der Waals surface area contributed by atoms with Gasteiger partial charge < -0.3 is 10.8 Å². The van der Waals surface area contributed by atoms with Crippen molar-refractivity contribution in [1.29, 1.82) is 0 Å². The van der Waals surface area contributed by atoms with Crippen molar-refractivity contribution in [2.75, 3.05) is 6.54 Å². The SMILES string of the molecule is CCC(C)(O)C=Cc1cccc(CCCN)c1. The van der Waals surface area contributed by atoms with Gasteiger partial charge in [0, 0.05) is 0 Å². The summed E-state index contributed by atoms with van der Waals surface area (Å²) in [6, 6.07) is 8.36. The van der Waals surface area contributed by atoms with E-state index in [0.29, 0.717) is 0 Å². The smallest absolute Gasteiger partial charge is 0.0800 e. The summed E-state index contributed by atoms with van der Waals surface area (Å²) in [5.74, 6) is 0. The van der Waals surface area contributed by atoms with Crippen molar-refractivity contribution in [2.24, 2.45) is 5.73 Å². The zero-order valence-corrected chi connectivity index (χ0v) is 10.8. The van der Waals surface area contributed by atoms with E-state index in [1.54, 1.807) is 0 Å². The van der Waals surface area contributed by atoms with E-state index in [1.807, 2.05) is 38.1 Å². The van der Waals surface area contributed by atoms with E-state index in [2.05, 4.69) is 12.1 Å². The number of aryl methyl sites for hydroxylation is 1. The topological polar surface area (TPSA) is 46.2 Å². The lowest BCUT2D eigenvalue weighted by Gasteiger charge is -2.15. The molecule has 1 rings (SSSR count). The third kappa shape index (κ3) is 5.16. The van der Waals surface area contributed by atoms with Gasteiger partial charge in [0.2, 0.25) is 0 Å². The summed E-state index contributed by atoms with van der Waals surface area (Å²) in [5.41, 5.74) is 7.22. The molecule has 0 spiro atoms. The van der Waals surface area contributed by atoms with Crippen molar-refractivity contribution in [3.63, 3.8) is 0 Å². The Morgan fingerprint density at radius 2 is 2.18 bits per heavy atom. The second kappa shape index (κ2) is 6.58. The van der Waals surface area contributed by atoms with Crippen molar-refractivity contribution in [2.45, 2.75) is 38.7 Å². The molecule has 0 amide bonds. The van der Waals surface area contributed by atoms with Gasteiger partial charge in [-0.3, -0.25) is 0 Å². The molecule has 0 saturated heterocycles. The molecule has 1 aromatic rings. The highest BCUT2D eigenvalue weighted by molar-refractivity contribution is 5.51. The Labute approximate surface area is 104 Å². The molecule has 2 heteroatoms. The number of nitrogens with two attached hydrogens (primary N) is 1. The number of hydrogen-bond acceptors (Lipinski definition) is 2. The van der Waals surface area contributed by atoms with Gasteiger partial charge in [-0.2, -0.15) is 0 Å². The molecule has 1 atom stereocenters. The Morgan fingerprint density at radius 1 is 1.41 bits per heavy atom. The molecule has 17 heavy (non-hydrogen) atoms. The van der Waals surface area contributed by atoms with Crippen molar-refractivity contribution in [1.82, 2.24) is 0 Å². The van der Waals surface area contributed by atoms with E-state index in [9.17, 15) is 5.11 Å². The fourth-order valence-electron chi connectivity index (χ4n) is 1.55. The van der Waals surface area contributed by atoms with E-state index < -0.39 is 5.60 Å². The van der Waals surface area contributed by atoms with Crippen molar-refractivity contribution >= 4 is 6.08 Å². The summed E-state index contributed by atoms with van der Waals surface area (Å²) >= 11 is 0. The van der Waals surface area contributed by atoms with Crippen molar-refractivity contribution in [3.05, 3.63) is 41.5 Å². The average Bonchev–Trinajstić information content (AvgIpc) is 2.35. The molecule has 0 fully saturated rings. The molecule has 1 unspecified atom stereocenters. The maximum absolute atomic E-state index is 9.89. The van der Waals surface area contributed by atoms with Gasteiger partial charge in [0.25, 0.3) is 0 Å². The lowest BCUT2D eigenvalue weighted by molar-refractivity contribution is 0.108. The number of aliphatic hydroxyl groups is 1. The fraction of sp³-hybridized carbons (Fsp3) is 0.467. The van der Waals surface area contributed by atoms with E-state index in [-0.39, 0.29) is 0 Å². The van der Waals surface area contributed by atoms with Crippen LogP contribution in [0.5, 0.6) is 0 Å². The number of benzene rings is 1. The van der Waals surface area contributed by atoms with E-state index in [1.165, 1.54) is 5.56 Å². The normalized spacial score (nSPS) is 15.1. The minimum Gasteiger partial charge on any atom is -0.386 e. The molecule has 0 radical (unpaired) electrons. The Morgan fingerprint density at radius 3 is 2.82 bits per heavy atom. The molecule has 0 aliphatic rings. The second-order valence-corrected chi connectivity index (χ2v) is 4.68. The van der Waals surface area contributed by atoms with Crippen LogP contribution in [-0.2, 0) is 6.42 Å². The van der Waals surface area contributed by atoms with Crippen LogP contribution >= 0.6 is 0 Å². The fourth-order valence-corrected chi connectivity index (χ4v) is 1.55. The van der Waals surface area contributed by atoms with Crippen LogP contribution in [0.2, 0.25) is 0 Å². The van der Waals surface area contributed by atoms with Crippen LogP contribution in [0.1, 0.15) is 37.8 Å². The summed E-state index contributed by atoms with van der Waals surface area (Å²) in [4.78, 5) is 0. The quantitative estimate of drug-likeness (QED) is 0.793. The zero-order chi connectivity index (χ0) is 12.7. The van der Waals surface area contributed by atoms with Crippen LogP contribution < -0.4 is 5.73 Å². The Hall–Kier alpha value is -1.12. The average molecular weight is 233 g/mol. The van der Waals surface area contributed by atoms with Crippen molar-refractivity contribution < 1.29 is 5.11 Å². The van der Waals surface area contributed by atoms with E-state index >= 15 is 0 Å². The second-order valence-electron chi connectivity index (χ2n) is 4.68. The van der Waals surface area contributed by atoms with E-state index in [0.717, 1.165) is 31.4 Å². The molecule has 0 saturated carbocycles. The minimum absolute atomic E-state index is 0.715. The molecule has 0 aliphatic heterocycles. The van der Waals surface area contributed by atoms with Gasteiger partial charge in [0.15, 0.2) is 0 Å². The van der Waals surface area contributed by atoms with Crippen LogP contribution in [0.15, 0.2) is 30.3 Å². The van der Waals surface area contributed by atoms with Gasteiger partial charge in [-0.15, -0.1) is 0 Å². The summed E-state index contributed by atoms with van der Waals surface area (Å²) in [6.07, 6.45) is 6.59. The highest BCUT2D eigenvalue weighted by atomic mass is 16.3. The third-order valence-corrected chi connectivity index (χ3v) is 2.97. The van der Waals surface area contributed by atoms with Gasteiger partial charge >= 0.3 is 0 Å². The Balaban J connectivity index is 2.71. The lowest BCUT2D eigenvalue weighted by Crippen LogP contribution is -2.18. The van der Waals surface area contributed by atoms with Crippen LogP contribution in [0.3, 0.4) is 0 Å². The minimum atomic E-state index is -0.715. The number of rotatable bonds is 6. The molecule has 0 aliphatic carbocycles. The van der Waals surface area contributed by atoms with Gasteiger partial charge in [0.05, 0.1) is 5.60 Å².